The van der Waals surface area contributed by atoms with Gasteiger partial charge in [0.05, 0.1) is 32.1 Å². The lowest BCUT2D eigenvalue weighted by Crippen LogP contribution is -2.37. The number of carbonyl (C=O) groups excluding carboxylic acids is 3. The van der Waals surface area contributed by atoms with E-state index in [0.29, 0.717) is 34.2 Å². The summed E-state index contributed by atoms with van der Waals surface area (Å²) < 4.78 is 15.4. The van der Waals surface area contributed by atoms with Gasteiger partial charge in [-0.05, 0) is 42.5 Å². The number of cyclic esters (lactones) is 1. The molecule has 1 aromatic heterocycles. The van der Waals surface area contributed by atoms with E-state index in [1.807, 2.05) is 6.07 Å². The number of hydrogen-bond acceptors (Lipinski definition) is 10. The molecule has 1 aliphatic rings. The van der Waals surface area contributed by atoms with Crippen LogP contribution in [0.15, 0.2) is 42.5 Å². The van der Waals surface area contributed by atoms with E-state index in [-0.39, 0.29) is 28.3 Å². The van der Waals surface area contributed by atoms with Gasteiger partial charge in [-0.3, -0.25) is 9.59 Å². The smallest absolute Gasteiger partial charge is 0.328 e. The summed E-state index contributed by atoms with van der Waals surface area (Å²) in [6.45, 7) is 0.285. The standard InChI is InChI=1S/C25H22N4O6S/c1-33-15-7-8-19(34-2)16(11-15)21(30)22-20(27)17(12-26)24(36-22)28-14-5-3-13(4-6-14)23(31)29-18-9-10-35-25(18)32/h3-8,11,18,28H,9-10,27H2,1-2H3,(H,29,31). The highest BCUT2D eigenvalue weighted by atomic mass is 32.1. The van der Waals surface area contributed by atoms with Crippen LogP contribution in [-0.4, -0.2) is 44.5 Å². The van der Waals surface area contributed by atoms with Gasteiger partial charge in [0.25, 0.3) is 5.91 Å². The molecule has 1 saturated heterocycles. The molecule has 10 nitrogen and oxygen atoms in total. The Kier molecular flexibility index (Phi) is 7.07. The Labute approximate surface area is 210 Å². The van der Waals surface area contributed by atoms with Crippen LogP contribution in [-0.2, 0) is 9.53 Å². The summed E-state index contributed by atoms with van der Waals surface area (Å²) in [7, 11) is 2.94. The topological polar surface area (TPSA) is 153 Å². The van der Waals surface area contributed by atoms with E-state index < -0.39 is 23.7 Å². The molecule has 0 spiro atoms. The second kappa shape index (κ2) is 10.4. The average molecular weight is 507 g/mol. The Balaban J connectivity index is 1.56. The van der Waals surface area contributed by atoms with Crippen LogP contribution in [0.4, 0.5) is 16.4 Å². The van der Waals surface area contributed by atoms with Crippen LogP contribution in [0, 0.1) is 11.3 Å². The molecule has 0 bridgehead atoms. The number of carbonyl (C=O) groups is 3. The number of ether oxygens (including phenoxy) is 3. The van der Waals surface area contributed by atoms with Gasteiger partial charge in [0.15, 0.2) is 0 Å². The fourth-order valence-corrected chi connectivity index (χ4v) is 4.68. The van der Waals surface area contributed by atoms with Crippen LogP contribution in [0.5, 0.6) is 11.5 Å². The molecule has 1 amide bonds. The quantitative estimate of drug-likeness (QED) is 0.309. The van der Waals surface area contributed by atoms with E-state index in [9.17, 15) is 19.6 Å². The maximum absolute atomic E-state index is 13.3. The monoisotopic (exact) mass is 506 g/mol. The molecule has 2 heterocycles. The number of thiophene rings is 1. The number of nitrogen functional groups attached to an aromatic ring is 1. The normalized spacial score (nSPS) is 14.5. The molecule has 2 aromatic carbocycles. The molecule has 4 N–H and O–H groups in total. The Bertz CT molecular complexity index is 1380. The lowest BCUT2D eigenvalue weighted by Gasteiger charge is -2.10. The largest absolute Gasteiger partial charge is 0.497 e. The van der Waals surface area contributed by atoms with E-state index in [1.54, 1.807) is 42.5 Å². The first-order valence-electron chi connectivity index (χ1n) is 10.8. The van der Waals surface area contributed by atoms with Crippen molar-refractivity contribution in [2.24, 2.45) is 0 Å². The predicted octanol–water partition coefficient (Wildman–Crippen LogP) is 3.24. The van der Waals surface area contributed by atoms with Crippen LogP contribution in [0.25, 0.3) is 0 Å². The molecule has 0 saturated carbocycles. The molecule has 36 heavy (non-hydrogen) atoms. The number of nitrogens with two attached hydrogens (primary N) is 1. The minimum absolute atomic E-state index is 0.0549. The Morgan fingerprint density at radius 3 is 2.53 bits per heavy atom. The predicted molar refractivity (Wildman–Crippen MR) is 133 cm³/mol. The van der Waals surface area contributed by atoms with Gasteiger partial charge in [-0.15, -0.1) is 11.3 Å². The van der Waals surface area contributed by atoms with Gasteiger partial charge in [0, 0.05) is 17.7 Å². The molecule has 1 unspecified atom stereocenters. The molecule has 184 valence electrons. The number of rotatable bonds is 8. The minimum Gasteiger partial charge on any atom is -0.497 e. The van der Waals surface area contributed by atoms with Gasteiger partial charge in [0.2, 0.25) is 5.78 Å². The van der Waals surface area contributed by atoms with E-state index >= 15 is 0 Å². The molecular formula is C25H22N4O6S. The highest BCUT2D eigenvalue weighted by Gasteiger charge is 2.28. The lowest BCUT2D eigenvalue weighted by molar-refractivity contribution is -0.139. The number of benzene rings is 2. The van der Waals surface area contributed by atoms with Gasteiger partial charge in [0.1, 0.15) is 39.1 Å². The number of amides is 1. The molecule has 0 radical (unpaired) electrons. The summed E-state index contributed by atoms with van der Waals surface area (Å²) in [5, 5.41) is 15.8. The van der Waals surface area contributed by atoms with Crippen molar-refractivity contribution in [1.29, 1.82) is 5.26 Å². The van der Waals surface area contributed by atoms with Crippen LogP contribution in [0.3, 0.4) is 0 Å². The number of nitrogens with zero attached hydrogens (tertiary/aromatic N) is 1. The third kappa shape index (κ3) is 4.80. The van der Waals surface area contributed by atoms with Crippen molar-refractivity contribution < 1.29 is 28.6 Å². The number of nitrogens with one attached hydrogen (secondary N) is 2. The van der Waals surface area contributed by atoms with E-state index in [2.05, 4.69) is 10.6 Å². The zero-order valence-corrected chi connectivity index (χ0v) is 20.2. The second-order valence-electron chi connectivity index (χ2n) is 7.74. The van der Waals surface area contributed by atoms with Crippen LogP contribution in [0.1, 0.15) is 37.6 Å². The van der Waals surface area contributed by atoms with Crippen molar-refractivity contribution in [3.05, 3.63) is 64.0 Å². The number of anilines is 3. The highest BCUT2D eigenvalue weighted by molar-refractivity contribution is 7.19. The summed E-state index contributed by atoms with van der Waals surface area (Å²) in [4.78, 5) is 37.5. The van der Waals surface area contributed by atoms with Crippen molar-refractivity contribution in [2.45, 2.75) is 12.5 Å². The van der Waals surface area contributed by atoms with Crippen molar-refractivity contribution in [3.63, 3.8) is 0 Å². The van der Waals surface area contributed by atoms with Crippen molar-refractivity contribution >= 4 is 45.4 Å². The maximum Gasteiger partial charge on any atom is 0.328 e. The number of ketones is 1. The molecular weight excluding hydrogens is 484 g/mol. The van der Waals surface area contributed by atoms with Gasteiger partial charge < -0.3 is 30.6 Å². The maximum atomic E-state index is 13.3. The van der Waals surface area contributed by atoms with Crippen LogP contribution in [0.2, 0.25) is 0 Å². The summed E-state index contributed by atoms with van der Waals surface area (Å²) in [6.07, 6.45) is 0.434. The third-order valence-electron chi connectivity index (χ3n) is 5.56. The summed E-state index contributed by atoms with van der Waals surface area (Å²) in [5.41, 5.74) is 7.55. The number of nitriles is 1. The molecule has 1 fully saturated rings. The van der Waals surface area contributed by atoms with Gasteiger partial charge in [-0.1, -0.05) is 0 Å². The fraction of sp³-hybridized carbons (Fsp3) is 0.200. The van der Waals surface area contributed by atoms with Gasteiger partial charge in [-0.25, -0.2) is 4.79 Å². The first-order chi connectivity index (χ1) is 17.4. The number of hydrogen-bond donors (Lipinski definition) is 3. The molecule has 0 aliphatic carbocycles. The second-order valence-corrected chi connectivity index (χ2v) is 8.76. The van der Waals surface area contributed by atoms with E-state index in [4.69, 9.17) is 19.9 Å². The highest BCUT2D eigenvalue weighted by Crippen LogP contribution is 2.39. The molecule has 3 aromatic rings. The SMILES string of the molecule is COc1ccc(OC)c(C(=O)c2sc(Nc3ccc(C(=O)NC4CCOC4=O)cc3)c(C#N)c2N)c1. The number of methoxy groups -OCH3 is 2. The van der Waals surface area contributed by atoms with Crippen LogP contribution < -0.4 is 25.8 Å². The zero-order valence-electron chi connectivity index (χ0n) is 19.4. The number of esters is 1. The molecule has 11 heteroatoms. The fourth-order valence-electron chi connectivity index (χ4n) is 3.63. The average Bonchev–Trinajstić information content (AvgIpc) is 3.44. The van der Waals surface area contributed by atoms with Crippen molar-refractivity contribution in [1.82, 2.24) is 5.32 Å². The minimum atomic E-state index is -0.651. The van der Waals surface area contributed by atoms with Crippen molar-refractivity contribution in [2.75, 3.05) is 31.9 Å². The third-order valence-corrected chi connectivity index (χ3v) is 6.68. The zero-order chi connectivity index (χ0) is 25.8. The first-order valence-corrected chi connectivity index (χ1v) is 11.6. The Morgan fingerprint density at radius 2 is 1.92 bits per heavy atom. The van der Waals surface area contributed by atoms with Gasteiger partial charge in [-0.2, -0.15) is 5.26 Å². The van der Waals surface area contributed by atoms with Crippen molar-refractivity contribution in [3.8, 4) is 17.6 Å². The molecule has 1 aliphatic heterocycles. The Morgan fingerprint density at radius 1 is 1.17 bits per heavy atom. The molecule has 1 atom stereocenters. The summed E-state index contributed by atoms with van der Waals surface area (Å²) in [6, 6.07) is 12.7. The Hall–Kier alpha value is -4.56. The van der Waals surface area contributed by atoms with E-state index in [0.717, 1.165) is 11.3 Å². The lowest BCUT2D eigenvalue weighted by atomic mass is 10.1. The van der Waals surface area contributed by atoms with E-state index in [1.165, 1.54) is 14.2 Å². The van der Waals surface area contributed by atoms with Gasteiger partial charge >= 0.3 is 5.97 Å². The summed E-state index contributed by atoms with van der Waals surface area (Å²) >= 11 is 1.04. The summed E-state index contributed by atoms with van der Waals surface area (Å²) in [5.74, 6) is -0.430. The molecule has 4 rings (SSSR count). The first kappa shape index (κ1) is 24.6. The van der Waals surface area contributed by atoms with Crippen LogP contribution >= 0.6 is 11.3 Å².